The Morgan fingerprint density at radius 1 is 1.14 bits per heavy atom. The first-order chi connectivity index (χ1) is 12.9. The van der Waals surface area contributed by atoms with E-state index in [2.05, 4.69) is 46.2 Å². The second kappa shape index (κ2) is 15.0. The van der Waals surface area contributed by atoms with Crippen molar-refractivity contribution >= 4 is 29.9 Å². The van der Waals surface area contributed by atoms with Gasteiger partial charge in [-0.05, 0) is 71.2 Å². The Morgan fingerprint density at radius 2 is 1.75 bits per heavy atom. The van der Waals surface area contributed by atoms with Crippen molar-refractivity contribution in [3.63, 3.8) is 0 Å². The van der Waals surface area contributed by atoms with E-state index in [1.165, 1.54) is 18.6 Å². The van der Waals surface area contributed by atoms with Crippen LogP contribution >= 0.6 is 24.0 Å². The van der Waals surface area contributed by atoms with E-state index in [-0.39, 0.29) is 35.8 Å². The average Bonchev–Trinajstić information content (AvgIpc) is 2.65. The highest BCUT2D eigenvalue weighted by atomic mass is 127. The van der Waals surface area contributed by atoms with Gasteiger partial charge in [-0.15, -0.1) is 24.0 Å². The molecular weight excluding hydrogens is 468 g/mol. The van der Waals surface area contributed by atoms with Crippen LogP contribution < -0.4 is 10.6 Å². The Bertz CT molecular complexity index is 546. The van der Waals surface area contributed by atoms with Crippen LogP contribution in [0.1, 0.15) is 45.2 Å². The molecule has 0 amide bonds. The topological polar surface area (TPSA) is 42.9 Å². The summed E-state index contributed by atoms with van der Waals surface area (Å²) in [6.45, 7) is 10.7. The highest BCUT2D eigenvalue weighted by Crippen LogP contribution is 2.17. The molecule has 2 unspecified atom stereocenters. The first-order valence-corrected chi connectivity index (χ1v) is 10.0. The first-order valence-electron chi connectivity index (χ1n) is 10.0. The van der Waals surface area contributed by atoms with E-state index in [1.807, 2.05) is 26.2 Å². The van der Waals surface area contributed by atoms with Crippen LogP contribution in [0.2, 0.25) is 0 Å². The minimum Gasteiger partial charge on any atom is -0.354 e. The van der Waals surface area contributed by atoms with Crippen LogP contribution in [-0.2, 0) is 0 Å². The van der Waals surface area contributed by atoms with E-state index < -0.39 is 0 Å². The van der Waals surface area contributed by atoms with Gasteiger partial charge in [-0.2, -0.15) is 0 Å². The lowest BCUT2D eigenvalue weighted by Crippen LogP contribution is -2.45. The zero-order valence-corrected chi connectivity index (χ0v) is 20.7. The van der Waals surface area contributed by atoms with E-state index in [0.717, 1.165) is 37.6 Å². The third kappa shape index (κ3) is 10.0. The Labute approximate surface area is 188 Å². The summed E-state index contributed by atoms with van der Waals surface area (Å²) < 4.78 is 13.2. The van der Waals surface area contributed by atoms with Gasteiger partial charge in [0.15, 0.2) is 5.96 Å². The summed E-state index contributed by atoms with van der Waals surface area (Å²) >= 11 is 0. The maximum atomic E-state index is 13.2. The number of hydrogen-bond acceptors (Lipinski definition) is 3. The van der Waals surface area contributed by atoms with Crippen LogP contribution in [0.4, 0.5) is 4.39 Å². The van der Waals surface area contributed by atoms with Gasteiger partial charge in [0.25, 0.3) is 0 Å². The number of aliphatic imine (C=N–C) groups is 1. The van der Waals surface area contributed by atoms with E-state index in [9.17, 15) is 4.39 Å². The normalized spacial score (nSPS) is 14.0. The van der Waals surface area contributed by atoms with Crippen molar-refractivity contribution in [1.82, 2.24) is 20.4 Å². The monoisotopic (exact) mass is 507 g/mol. The Balaban J connectivity index is 0.00000729. The molecule has 1 aromatic carbocycles. The van der Waals surface area contributed by atoms with E-state index >= 15 is 0 Å². The average molecular weight is 507 g/mol. The van der Waals surface area contributed by atoms with E-state index in [0.29, 0.717) is 12.6 Å². The fourth-order valence-corrected chi connectivity index (χ4v) is 3.14. The number of nitrogens with one attached hydrogen (secondary N) is 2. The van der Waals surface area contributed by atoms with Crippen molar-refractivity contribution in [3.05, 3.63) is 35.6 Å². The summed E-state index contributed by atoms with van der Waals surface area (Å²) in [5.74, 6) is 0.597. The predicted molar refractivity (Wildman–Crippen MR) is 129 cm³/mol. The molecule has 0 radical (unpaired) electrons. The first kappa shape index (κ1) is 27.1. The van der Waals surface area contributed by atoms with Crippen molar-refractivity contribution in [2.75, 3.05) is 47.3 Å². The number of halogens is 2. The summed E-state index contributed by atoms with van der Waals surface area (Å²) in [5, 5.41) is 6.88. The SMILES string of the molecule is CCN(CC)CCCC(C)NC(=NC)NCC(c1ccc(F)cc1)N(C)C.I. The van der Waals surface area contributed by atoms with Gasteiger partial charge in [-0.1, -0.05) is 26.0 Å². The van der Waals surface area contributed by atoms with Crippen LogP contribution in [0.25, 0.3) is 0 Å². The smallest absolute Gasteiger partial charge is 0.191 e. The molecule has 0 heterocycles. The number of likely N-dealkylation sites (N-methyl/N-ethyl adjacent to an activating group) is 1. The van der Waals surface area contributed by atoms with Gasteiger partial charge >= 0.3 is 0 Å². The van der Waals surface area contributed by atoms with Crippen LogP contribution in [-0.4, -0.2) is 69.1 Å². The lowest BCUT2D eigenvalue weighted by Gasteiger charge is -2.27. The lowest BCUT2D eigenvalue weighted by molar-refractivity contribution is 0.291. The lowest BCUT2D eigenvalue weighted by atomic mass is 10.1. The van der Waals surface area contributed by atoms with Gasteiger partial charge in [-0.3, -0.25) is 4.99 Å². The second-order valence-electron chi connectivity index (χ2n) is 7.20. The molecule has 0 aliphatic carbocycles. The van der Waals surface area contributed by atoms with Crippen LogP contribution in [0, 0.1) is 5.82 Å². The maximum Gasteiger partial charge on any atom is 0.191 e. The fourth-order valence-electron chi connectivity index (χ4n) is 3.14. The number of benzene rings is 1. The molecule has 1 rings (SSSR count). The summed E-state index contributed by atoms with van der Waals surface area (Å²) in [6, 6.07) is 7.20. The molecule has 2 N–H and O–H groups in total. The van der Waals surface area contributed by atoms with Gasteiger partial charge in [0.2, 0.25) is 0 Å². The van der Waals surface area contributed by atoms with Crippen molar-refractivity contribution in [3.8, 4) is 0 Å². The summed E-state index contributed by atoms with van der Waals surface area (Å²) in [7, 11) is 5.85. The molecule has 28 heavy (non-hydrogen) atoms. The fraction of sp³-hybridized carbons (Fsp3) is 0.667. The summed E-state index contributed by atoms with van der Waals surface area (Å²) in [6.07, 6.45) is 2.27. The minimum atomic E-state index is -0.208. The highest BCUT2D eigenvalue weighted by Gasteiger charge is 2.15. The Kier molecular flexibility index (Phi) is 14.5. The summed E-state index contributed by atoms with van der Waals surface area (Å²) in [4.78, 5) is 8.92. The third-order valence-electron chi connectivity index (χ3n) is 4.95. The standard InChI is InChI=1S/C21H38FN5.HI/c1-7-27(8-2)15-9-10-17(3)25-21(23-4)24-16-20(26(5)6)18-11-13-19(22)14-12-18;/h11-14,17,20H,7-10,15-16H2,1-6H3,(H2,23,24,25);1H. The van der Waals surface area contributed by atoms with Gasteiger partial charge in [-0.25, -0.2) is 4.39 Å². The molecule has 0 saturated heterocycles. The second-order valence-corrected chi connectivity index (χ2v) is 7.20. The van der Waals surface area contributed by atoms with Crippen molar-refractivity contribution in [2.24, 2.45) is 4.99 Å². The molecule has 1 aromatic rings. The Morgan fingerprint density at radius 3 is 2.25 bits per heavy atom. The molecule has 0 saturated carbocycles. The molecule has 0 fully saturated rings. The molecule has 5 nitrogen and oxygen atoms in total. The van der Waals surface area contributed by atoms with E-state index in [1.54, 1.807) is 7.05 Å². The minimum absolute atomic E-state index is 0. The molecule has 0 aliphatic rings. The summed E-state index contributed by atoms with van der Waals surface area (Å²) in [5.41, 5.74) is 1.08. The van der Waals surface area contributed by atoms with Crippen LogP contribution in [0.3, 0.4) is 0 Å². The molecule has 0 bridgehead atoms. The van der Waals surface area contributed by atoms with Gasteiger partial charge in [0.1, 0.15) is 5.82 Å². The van der Waals surface area contributed by atoms with Crippen molar-refractivity contribution in [1.29, 1.82) is 0 Å². The molecule has 2 atom stereocenters. The molecular formula is C21H39FIN5. The number of rotatable bonds is 11. The van der Waals surface area contributed by atoms with Gasteiger partial charge < -0.3 is 20.4 Å². The molecule has 7 heteroatoms. The Hall–Kier alpha value is -0.930. The largest absolute Gasteiger partial charge is 0.354 e. The van der Waals surface area contributed by atoms with Gasteiger partial charge in [0.05, 0.1) is 6.04 Å². The zero-order chi connectivity index (χ0) is 20.2. The number of hydrogen-bond donors (Lipinski definition) is 2. The van der Waals surface area contributed by atoms with Crippen LogP contribution in [0.15, 0.2) is 29.3 Å². The molecule has 0 aliphatic heterocycles. The van der Waals surface area contributed by atoms with Crippen molar-refractivity contribution < 1.29 is 4.39 Å². The third-order valence-corrected chi connectivity index (χ3v) is 4.95. The molecule has 0 spiro atoms. The predicted octanol–water partition coefficient (Wildman–Crippen LogP) is 3.72. The van der Waals surface area contributed by atoms with Gasteiger partial charge in [0, 0.05) is 19.6 Å². The number of nitrogens with zero attached hydrogens (tertiary/aromatic N) is 3. The highest BCUT2D eigenvalue weighted by molar-refractivity contribution is 14.0. The number of guanidine groups is 1. The molecule has 0 aromatic heterocycles. The van der Waals surface area contributed by atoms with Crippen LogP contribution in [0.5, 0.6) is 0 Å². The maximum absolute atomic E-state index is 13.2. The quantitative estimate of drug-likeness (QED) is 0.272. The zero-order valence-electron chi connectivity index (χ0n) is 18.3. The van der Waals surface area contributed by atoms with E-state index in [4.69, 9.17) is 0 Å². The molecule has 162 valence electrons. The van der Waals surface area contributed by atoms with Crippen molar-refractivity contribution in [2.45, 2.75) is 45.7 Å².